The van der Waals surface area contributed by atoms with Crippen molar-refractivity contribution in [3.05, 3.63) is 64.4 Å². The van der Waals surface area contributed by atoms with Crippen LogP contribution in [0.15, 0.2) is 36.9 Å². The topological polar surface area (TPSA) is 70.3 Å². The summed E-state index contributed by atoms with van der Waals surface area (Å²) < 4.78 is 19.8. The molecule has 0 atom stereocenters. The molecule has 0 aliphatic rings. The Morgan fingerprint density at radius 3 is 2.78 bits per heavy atom. The average molecular weight is 332 g/mol. The Bertz CT molecular complexity index is 827. The van der Waals surface area contributed by atoms with E-state index in [1.54, 1.807) is 12.1 Å². The molecular formula is C17H11ClFNO3. The van der Waals surface area contributed by atoms with E-state index in [1.807, 2.05) is 6.07 Å². The fourth-order valence-corrected chi connectivity index (χ4v) is 2.13. The van der Waals surface area contributed by atoms with Crippen molar-refractivity contribution in [3.63, 3.8) is 0 Å². The zero-order valence-corrected chi connectivity index (χ0v) is 12.6. The van der Waals surface area contributed by atoms with Gasteiger partial charge < -0.3 is 9.84 Å². The minimum Gasteiger partial charge on any atom is -0.481 e. The lowest BCUT2D eigenvalue weighted by molar-refractivity contribution is -0.136. The van der Waals surface area contributed by atoms with Crippen LogP contribution in [0, 0.1) is 17.1 Å². The minimum atomic E-state index is -1.17. The van der Waals surface area contributed by atoms with Crippen molar-refractivity contribution in [1.29, 1.82) is 5.26 Å². The molecule has 6 heteroatoms. The van der Waals surface area contributed by atoms with E-state index >= 15 is 0 Å². The van der Waals surface area contributed by atoms with E-state index in [0.29, 0.717) is 11.1 Å². The molecule has 2 aromatic carbocycles. The predicted octanol–water partition coefficient (Wildman–Crippen LogP) is 4.41. The van der Waals surface area contributed by atoms with Crippen LogP contribution in [-0.4, -0.2) is 11.1 Å². The van der Waals surface area contributed by atoms with Gasteiger partial charge >= 0.3 is 5.97 Å². The van der Waals surface area contributed by atoms with Crippen LogP contribution >= 0.6 is 11.6 Å². The molecule has 23 heavy (non-hydrogen) atoms. The van der Waals surface area contributed by atoms with Crippen LogP contribution < -0.4 is 4.74 Å². The van der Waals surface area contributed by atoms with Crippen molar-refractivity contribution in [2.75, 3.05) is 0 Å². The van der Waals surface area contributed by atoms with Gasteiger partial charge in [-0.2, -0.15) is 5.26 Å². The van der Waals surface area contributed by atoms with Crippen molar-refractivity contribution in [2.24, 2.45) is 0 Å². The van der Waals surface area contributed by atoms with Gasteiger partial charge in [-0.05, 0) is 29.8 Å². The Balaban J connectivity index is 2.46. The second kappa shape index (κ2) is 6.95. The monoisotopic (exact) mass is 331 g/mol. The fourth-order valence-electron chi connectivity index (χ4n) is 1.95. The third-order valence-electron chi connectivity index (χ3n) is 2.98. The smallest absolute Gasteiger partial charge is 0.307 e. The number of hydrogen-bond donors (Lipinski definition) is 1. The Morgan fingerprint density at radius 1 is 1.43 bits per heavy atom. The second-order valence-corrected chi connectivity index (χ2v) is 5.04. The molecule has 1 N–H and O–H groups in total. The summed E-state index contributed by atoms with van der Waals surface area (Å²) in [5.41, 5.74) is 0.894. The molecule has 0 bridgehead atoms. The summed E-state index contributed by atoms with van der Waals surface area (Å²) in [5.74, 6) is -2.09. The summed E-state index contributed by atoms with van der Waals surface area (Å²) in [6.45, 7) is 3.61. The number of benzene rings is 2. The molecule has 2 rings (SSSR count). The van der Waals surface area contributed by atoms with E-state index in [-0.39, 0.29) is 22.1 Å². The number of aliphatic carboxylic acids is 1. The molecule has 4 nitrogen and oxygen atoms in total. The molecule has 0 fully saturated rings. The number of hydrogen-bond acceptors (Lipinski definition) is 3. The van der Waals surface area contributed by atoms with E-state index in [9.17, 15) is 9.18 Å². The first-order valence-corrected chi connectivity index (χ1v) is 6.86. The van der Waals surface area contributed by atoms with Crippen LogP contribution in [0.3, 0.4) is 0 Å². The van der Waals surface area contributed by atoms with Gasteiger partial charge in [0.25, 0.3) is 0 Å². The van der Waals surface area contributed by atoms with Gasteiger partial charge in [-0.3, -0.25) is 4.79 Å². The van der Waals surface area contributed by atoms with Gasteiger partial charge in [0.2, 0.25) is 0 Å². The molecular weight excluding hydrogens is 321 g/mol. The highest BCUT2D eigenvalue weighted by Crippen LogP contribution is 2.35. The Morgan fingerprint density at radius 2 is 2.17 bits per heavy atom. The van der Waals surface area contributed by atoms with E-state index in [4.69, 9.17) is 26.7 Å². The van der Waals surface area contributed by atoms with Crippen molar-refractivity contribution >= 4 is 23.6 Å². The summed E-state index contributed by atoms with van der Waals surface area (Å²) >= 11 is 5.94. The highest BCUT2D eigenvalue weighted by atomic mass is 35.5. The maximum absolute atomic E-state index is 14.4. The van der Waals surface area contributed by atoms with Crippen molar-refractivity contribution in [3.8, 4) is 17.6 Å². The molecule has 0 aromatic heterocycles. The Hall–Kier alpha value is -2.84. The van der Waals surface area contributed by atoms with Crippen molar-refractivity contribution < 1.29 is 19.0 Å². The molecule has 0 heterocycles. The number of rotatable bonds is 5. The number of carboxylic acids is 1. The van der Waals surface area contributed by atoms with Crippen LogP contribution in [-0.2, 0) is 11.2 Å². The summed E-state index contributed by atoms with van der Waals surface area (Å²) in [4.78, 5) is 10.8. The van der Waals surface area contributed by atoms with E-state index in [1.165, 1.54) is 24.3 Å². The molecule has 0 unspecified atom stereocenters. The first-order valence-electron chi connectivity index (χ1n) is 6.48. The zero-order chi connectivity index (χ0) is 17.0. The summed E-state index contributed by atoms with van der Waals surface area (Å²) in [6.07, 6.45) is 1.03. The summed E-state index contributed by atoms with van der Waals surface area (Å²) in [7, 11) is 0. The van der Waals surface area contributed by atoms with Gasteiger partial charge in [0, 0.05) is 5.56 Å². The number of nitrogens with zero attached hydrogens (tertiary/aromatic N) is 1. The van der Waals surface area contributed by atoms with Gasteiger partial charge in [-0.1, -0.05) is 30.3 Å². The van der Waals surface area contributed by atoms with Crippen LogP contribution in [0.5, 0.6) is 11.5 Å². The molecule has 0 saturated carbocycles. The highest BCUT2D eigenvalue weighted by molar-refractivity contribution is 6.32. The molecule has 0 spiro atoms. The first-order chi connectivity index (χ1) is 10.9. The third kappa shape index (κ3) is 3.87. The lowest BCUT2D eigenvalue weighted by Gasteiger charge is -2.12. The van der Waals surface area contributed by atoms with E-state index in [0.717, 1.165) is 0 Å². The number of carbonyl (C=O) groups is 1. The Kier molecular flexibility index (Phi) is 4.99. The number of carboxylic acid groups (broad SMARTS) is 1. The van der Waals surface area contributed by atoms with Gasteiger partial charge in [0.15, 0.2) is 11.6 Å². The number of nitriles is 1. The van der Waals surface area contributed by atoms with Gasteiger partial charge in [0.1, 0.15) is 5.75 Å². The van der Waals surface area contributed by atoms with Gasteiger partial charge in [-0.15, -0.1) is 0 Å². The van der Waals surface area contributed by atoms with Crippen molar-refractivity contribution in [2.45, 2.75) is 6.42 Å². The number of ether oxygens (including phenoxy) is 1. The highest BCUT2D eigenvalue weighted by Gasteiger charge is 2.17. The van der Waals surface area contributed by atoms with Crippen LogP contribution in [0.4, 0.5) is 4.39 Å². The molecule has 0 radical (unpaired) electrons. The SMILES string of the molecule is C=Cc1cc(C#N)cc(Oc2c(Cl)ccc(CC(=O)O)c2F)c1. The summed E-state index contributed by atoms with van der Waals surface area (Å²) in [5, 5.41) is 17.8. The van der Waals surface area contributed by atoms with E-state index < -0.39 is 18.2 Å². The number of halogens is 2. The van der Waals surface area contributed by atoms with Crippen LogP contribution in [0.1, 0.15) is 16.7 Å². The van der Waals surface area contributed by atoms with E-state index in [2.05, 4.69) is 6.58 Å². The normalized spacial score (nSPS) is 9.96. The van der Waals surface area contributed by atoms with Crippen molar-refractivity contribution in [1.82, 2.24) is 0 Å². The standard InChI is InChI=1S/C17H11ClFNO3/c1-2-10-5-11(9-20)7-13(6-10)23-17-14(18)4-3-12(16(17)19)8-15(21)22/h2-7H,1,8H2,(H,21,22). The molecule has 0 aliphatic heterocycles. The maximum atomic E-state index is 14.4. The fraction of sp³-hybridized carbons (Fsp3) is 0.0588. The molecule has 0 aliphatic carbocycles. The second-order valence-electron chi connectivity index (χ2n) is 4.63. The van der Waals surface area contributed by atoms with Crippen LogP contribution in [0.2, 0.25) is 5.02 Å². The molecule has 0 saturated heterocycles. The minimum absolute atomic E-state index is 0.000785. The summed E-state index contributed by atoms with van der Waals surface area (Å²) in [6, 6.07) is 9.20. The lowest BCUT2D eigenvalue weighted by atomic mass is 10.1. The van der Waals surface area contributed by atoms with Gasteiger partial charge in [0.05, 0.1) is 23.1 Å². The quantitative estimate of drug-likeness (QED) is 0.880. The van der Waals surface area contributed by atoms with Gasteiger partial charge in [-0.25, -0.2) is 4.39 Å². The average Bonchev–Trinajstić information content (AvgIpc) is 2.53. The zero-order valence-electron chi connectivity index (χ0n) is 11.8. The molecule has 2 aromatic rings. The third-order valence-corrected chi connectivity index (χ3v) is 3.28. The predicted molar refractivity (Wildman–Crippen MR) is 84.1 cm³/mol. The Labute approximate surface area is 137 Å². The molecule has 116 valence electrons. The largest absolute Gasteiger partial charge is 0.481 e. The molecule has 0 amide bonds. The first kappa shape index (κ1) is 16.5. The van der Waals surface area contributed by atoms with Crippen LogP contribution in [0.25, 0.3) is 6.08 Å². The maximum Gasteiger partial charge on any atom is 0.307 e. The lowest BCUT2D eigenvalue weighted by Crippen LogP contribution is -2.04.